The van der Waals surface area contributed by atoms with Crippen molar-refractivity contribution in [3.63, 3.8) is 0 Å². The first-order valence-corrected chi connectivity index (χ1v) is 9.51. The summed E-state index contributed by atoms with van der Waals surface area (Å²) in [5.41, 5.74) is 0.315. The van der Waals surface area contributed by atoms with E-state index in [2.05, 4.69) is 30.7 Å². The van der Waals surface area contributed by atoms with E-state index in [1.165, 1.54) is 0 Å². The molecule has 146 valence electrons. The third-order valence-electron chi connectivity index (χ3n) is 5.65. The van der Waals surface area contributed by atoms with Gasteiger partial charge in [-0.2, -0.15) is 0 Å². The van der Waals surface area contributed by atoms with E-state index in [-0.39, 0.29) is 23.3 Å². The maximum absolute atomic E-state index is 13.2. The number of aromatic amines is 1. The molecule has 7 heteroatoms. The van der Waals surface area contributed by atoms with Gasteiger partial charge in [0.1, 0.15) is 11.4 Å². The lowest BCUT2D eigenvalue weighted by Crippen LogP contribution is -2.45. The average Bonchev–Trinajstić information content (AvgIpc) is 3.28. The van der Waals surface area contributed by atoms with E-state index in [1.807, 2.05) is 24.0 Å². The number of rotatable bonds is 4. The number of hydrogen-bond donors (Lipinski definition) is 1. The molecule has 4 rings (SSSR count). The number of likely N-dealkylation sites (tertiary alicyclic amines) is 1. The van der Waals surface area contributed by atoms with Crippen LogP contribution < -0.4 is 0 Å². The van der Waals surface area contributed by atoms with E-state index in [4.69, 9.17) is 4.74 Å². The van der Waals surface area contributed by atoms with Gasteiger partial charge in [-0.3, -0.25) is 9.59 Å². The lowest BCUT2D eigenvalue weighted by Gasteiger charge is -2.29. The van der Waals surface area contributed by atoms with Crippen LogP contribution in [0, 0.1) is 24.2 Å². The minimum absolute atomic E-state index is 0.000100. The molecule has 0 saturated carbocycles. The summed E-state index contributed by atoms with van der Waals surface area (Å²) in [5.74, 6) is -0.171. The number of ether oxygens (including phenoxy) is 1. The molecular weight excluding hydrogens is 344 g/mol. The molecule has 3 aliphatic heterocycles. The number of imidazole rings is 1. The number of nitrogens with one attached hydrogen (secondary N) is 1. The van der Waals surface area contributed by atoms with Crippen LogP contribution in [0.25, 0.3) is 0 Å². The van der Waals surface area contributed by atoms with Crippen molar-refractivity contribution >= 4 is 11.8 Å². The van der Waals surface area contributed by atoms with Gasteiger partial charge >= 0.3 is 0 Å². The molecule has 2 fully saturated rings. The highest BCUT2D eigenvalue weighted by Gasteiger charge is 2.67. The summed E-state index contributed by atoms with van der Waals surface area (Å²) in [4.78, 5) is 37.3. The van der Waals surface area contributed by atoms with Crippen LogP contribution in [-0.2, 0) is 20.9 Å². The monoisotopic (exact) mass is 372 g/mol. The predicted molar refractivity (Wildman–Crippen MR) is 99.6 cm³/mol. The van der Waals surface area contributed by atoms with Crippen LogP contribution in [0.3, 0.4) is 0 Å². The minimum atomic E-state index is -0.643. The molecule has 0 unspecified atom stereocenters. The molecule has 27 heavy (non-hydrogen) atoms. The van der Waals surface area contributed by atoms with Crippen LogP contribution in [0.4, 0.5) is 0 Å². The molecule has 2 amide bonds. The Morgan fingerprint density at radius 3 is 2.85 bits per heavy atom. The average molecular weight is 372 g/mol. The Morgan fingerprint density at radius 2 is 2.22 bits per heavy atom. The predicted octanol–water partition coefficient (Wildman–Crippen LogP) is 1.50. The molecule has 3 aliphatic rings. The highest BCUT2D eigenvalue weighted by Crippen LogP contribution is 2.52. The lowest BCUT2D eigenvalue weighted by molar-refractivity contribution is -0.143. The highest BCUT2D eigenvalue weighted by atomic mass is 16.5. The van der Waals surface area contributed by atoms with Crippen molar-refractivity contribution in [2.45, 2.75) is 45.9 Å². The van der Waals surface area contributed by atoms with Crippen LogP contribution in [0.2, 0.25) is 0 Å². The number of nitrogens with zero attached hydrogens (tertiary/aromatic N) is 3. The second-order valence-corrected chi connectivity index (χ2v) is 9.36. The van der Waals surface area contributed by atoms with Crippen molar-refractivity contribution in [3.8, 4) is 0 Å². The highest BCUT2D eigenvalue weighted by molar-refractivity contribution is 5.93. The van der Waals surface area contributed by atoms with Gasteiger partial charge in [0.05, 0.1) is 31.0 Å². The Hall–Kier alpha value is -2.15. The summed E-state index contributed by atoms with van der Waals surface area (Å²) in [5, 5.41) is 0. The molecule has 1 spiro atoms. The summed E-state index contributed by atoms with van der Waals surface area (Å²) in [6.07, 6.45) is 5.39. The van der Waals surface area contributed by atoms with E-state index in [9.17, 15) is 9.59 Å². The Labute approximate surface area is 159 Å². The lowest BCUT2D eigenvalue weighted by atomic mass is 9.76. The van der Waals surface area contributed by atoms with Crippen molar-refractivity contribution in [1.29, 1.82) is 0 Å². The normalized spacial score (nSPS) is 31.7. The number of H-pyrrole nitrogens is 1. The fourth-order valence-electron chi connectivity index (χ4n) is 4.67. The van der Waals surface area contributed by atoms with Gasteiger partial charge in [0.25, 0.3) is 0 Å². The Morgan fingerprint density at radius 1 is 1.48 bits per heavy atom. The van der Waals surface area contributed by atoms with E-state index < -0.39 is 17.4 Å². The van der Waals surface area contributed by atoms with Crippen LogP contribution in [0.1, 0.15) is 32.3 Å². The maximum Gasteiger partial charge on any atom is 0.230 e. The Balaban J connectivity index is 1.54. The van der Waals surface area contributed by atoms with Crippen molar-refractivity contribution < 1.29 is 14.3 Å². The summed E-state index contributed by atoms with van der Waals surface area (Å²) in [6, 6.07) is 0. The smallest absolute Gasteiger partial charge is 0.230 e. The first-order chi connectivity index (χ1) is 12.6. The fourth-order valence-corrected chi connectivity index (χ4v) is 4.67. The van der Waals surface area contributed by atoms with Crippen molar-refractivity contribution in [2.75, 3.05) is 20.1 Å². The van der Waals surface area contributed by atoms with Gasteiger partial charge < -0.3 is 19.5 Å². The molecule has 0 radical (unpaired) electrons. The topological polar surface area (TPSA) is 78.5 Å². The molecule has 4 heterocycles. The summed E-state index contributed by atoms with van der Waals surface area (Å²) in [6.45, 7) is 9.85. The zero-order chi connectivity index (χ0) is 19.6. The summed E-state index contributed by atoms with van der Waals surface area (Å²) < 4.78 is 6.19. The molecular formula is C20H28N4O3. The largest absolute Gasteiger partial charge is 0.360 e. The van der Waals surface area contributed by atoms with Gasteiger partial charge in [0, 0.05) is 25.5 Å². The summed E-state index contributed by atoms with van der Waals surface area (Å²) >= 11 is 0. The third kappa shape index (κ3) is 2.98. The number of aryl methyl sites for hydroxylation is 1. The van der Waals surface area contributed by atoms with E-state index >= 15 is 0 Å². The molecule has 0 aromatic carbocycles. The molecule has 1 aromatic rings. The first kappa shape index (κ1) is 18.2. The number of amides is 2. The van der Waals surface area contributed by atoms with Gasteiger partial charge in [-0.15, -0.1) is 0 Å². The van der Waals surface area contributed by atoms with Crippen LogP contribution >= 0.6 is 0 Å². The molecule has 2 saturated heterocycles. The fraction of sp³-hybridized carbons (Fsp3) is 0.650. The zero-order valence-electron chi connectivity index (χ0n) is 16.7. The van der Waals surface area contributed by atoms with Crippen molar-refractivity contribution in [1.82, 2.24) is 19.8 Å². The first-order valence-electron chi connectivity index (χ1n) is 9.51. The zero-order valence-corrected chi connectivity index (χ0v) is 16.7. The van der Waals surface area contributed by atoms with E-state index in [0.717, 1.165) is 11.5 Å². The maximum atomic E-state index is 13.2. The Kier molecular flexibility index (Phi) is 4.00. The van der Waals surface area contributed by atoms with Gasteiger partial charge in [-0.25, -0.2) is 4.98 Å². The molecule has 0 aliphatic carbocycles. The number of fused-ring (bicyclic) bond motifs is 1. The number of carbonyl (C=O) groups excluding carboxylic acids is 2. The second-order valence-electron chi connectivity index (χ2n) is 9.36. The van der Waals surface area contributed by atoms with E-state index in [0.29, 0.717) is 19.6 Å². The van der Waals surface area contributed by atoms with Crippen LogP contribution in [0.15, 0.2) is 18.3 Å². The van der Waals surface area contributed by atoms with Gasteiger partial charge in [-0.05, 0) is 12.3 Å². The molecule has 1 aromatic heterocycles. The molecule has 7 nitrogen and oxygen atoms in total. The number of hydrogen-bond acceptors (Lipinski definition) is 4. The van der Waals surface area contributed by atoms with E-state index in [1.54, 1.807) is 18.1 Å². The second kappa shape index (κ2) is 5.92. The number of carbonyl (C=O) groups is 2. The summed E-state index contributed by atoms with van der Waals surface area (Å²) in [7, 11) is 1.76. The SMILES string of the molecule is Cc1cnc(CN(C)C(=O)[C@@H]2[C@@H]3C=C[C@@]4(CN(CC(C)(C)C)C(=O)[C@H]24)O3)[nH]1. The minimum Gasteiger partial charge on any atom is -0.360 e. The van der Waals surface area contributed by atoms with Gasteiger partial charge in [-0.1, -0.05) is 32.9 Å². The molecule has 2 bridgehead atoms. The van der Waals surface area contributed by atoms with Crippen LogP contribution in [-0.4, -0.2) is 63.4 Å². The number of aromatic nitrogens is 2. The van der Waals surface area contributed by atoms with Crippen molar-refractivity contribution in [2.24, 2.45) is 17.3 Å². The van der Waals surface area contributed by atoms with Crippen molar-refractivity contribution in [3.05, 3.63) is 29.9 Å². The standard InChI is InChI=1S/C20H28N4O3/c1-12-8-21-14(22-12)9-23(5)17(25)15-13-6-7-20(27-13)11-24(10-19(2,3)4)18(26)16(15)20/h6-8,13,15-16H,9-11H2,1-5H3,(H,21,22)/t13-,15+,16-,20-/m0/s1. The van der Waals surface area contributed by atoms with Gasteiger partial charge in [0.15, 0.2) is 0 Å². The van der Waals surface area contributed by atoms with Gasteiger partial charge in [0.2, 0.25) is 11.8 Å². The molecule has 4 atom stereocenters. The molecule has 1 N–H and O–H groups in total. The van der Waals surface area contributed by atoms with Crippen LogP contribution in [0.5, 0.6) is 0 Å². The quantitative estimate of drug-likeness (QED) is 0.813. The third-order valence-corrected chi connectivity index (χ3v) is 5.65. The Bertz CT molecular complexity index is 808.